The van der Waals surface area contributed by atoms with Gasteiger partial charge >= 0.3 is 0 Å². The number of phenolic OH excluding ortho intramolecular Hbond substituents is 1. The largest absolute Gasteiger partial charge is 0.504 e. The monoisotopic (exact) mass is 400 g/mol. The first kappa shape index (κ1) is 18.6. The van der Waals surface area contributed by atoms with Crippen molar-refractivity contribution in [1.29, 1.82) is 5.26 Å². The second-order valence-electron chi connectivity index (χ2n) is 5.26. The normalized spacial score (nSPS) is 10.9. The fraction of sp³-hybridized carbons (Fsp3) is 0.158. The van der Waals surface area contributed by atoms with Crippen LogP contribution in [0.4, 0.5) is 5.69 Å². The first-order valence-electron chi connectivity index (χ1n) is 7.59. The number of hydrogen-bond donors (Lipinski definition) is 2. The van der Waals surface area contributed by atoms with Crippen LogP contribution in [0.25, 0.3) is 6.08 Å². The van der Waals surface area contributed by atoms with E-state index in [2.05, 4.69) is 21.2 Å². The molecule has 2 aromatic carbocycles. The van der Waals surface area contributed by atoms with Crippen molar-refractivity contribution >= 4 is 33.6 Å². The molecule has 0 aliphatic carbocycles. The Morgan fingerprint density at radius 1 is 1.36 bits per heavy atom. The van der Waals surface area contributed by atoms with E-state index in [1.807, 2.05) is 25.1 Å². The van der Waals surface area contributed by atoms with Gasteiger partial charge in [-0.25, -0.2) is 0 Å². The number of benzene rings is 2. The van der Waals surface area contributed by atoms with Crippen LogP contribution in [-0.4, -0.2) is 17.6 Å². The standard InChI is InChI=1S/C19H17BrN2O3/c1-3-25-18-9-13(16(20)10-17(18)23)8-14(11-21)19(24)22-15-6-4-12(2)5-7-15/h4-10,23H,3H2,1-2H3,(H,22,24)/b14-8-. The van der Waals surface area contributed by atoms with Crippen LogP contribution in [0.5, 0.6) is 11.5 Å². The highest BCUT2D eigenvalue weighted by atomic mass is 79.9. The van der Waals surface area contributed by atoms with Gasteiger partial charge in [-0.2, -0.15) is 5.26 Å². The minimum Gasteiger partial charge on any atom is -0.504 e. The zero-order chi connectivity index (χ0) is 18.4. The highest BCUT2D eigenvalue weighted by Gasteiger charge is 2.13. The van der Waals surface area contributed by atoms with Crippen LogP contribution in [0.2, 0.25) is 0 Å². The summed E-state index contributed by atoms with van der Waals surface area (Å²) in [5.41, 5.74) is 2.17. The number of rotatable bonds is 5. The van der Waals surface area contributed by atoms with Crippen LogP contribution in [0, 0.1) is 18.3 Å². The number of halogens is 1. The van der Waals surface area contributed by atoms with E-state index in [1.54, 1.807) is 25.1 Å². The van der Waals surface area contributed by atoms with Gasteiger partial charge in [-0.3, -0.25) is 4.79 Å². The Morgan fingerprint density at radius 3 is 2.64 bits per heavy atom. The lowest BCUT2D eigenvalue weighted by atomic mass is 10.1. The maximum atomic E-state index is 12.3. The Hall–Kier alpha value is -2.78. The molecule has 0 atom stereocenters. The molecule has 0 fully saturated rings. The van der Waals surface area contributed by atoms with Crippen LogP contribution in [0.3, 0.4) is 0 Å². The van der Waals surface area contributed by atoms with E-state index in [9.17, 15) is 15.2 Å². The number of amides is 1. The van der Waals surface area contributed by atoms with E-state index in [1.165, 1.54) is 12.1 Å². The van der Waals surface area contributed by atoms with E-state index in [-0.39, 0.29) is 17.1 Å². The molecule has 6 heteroatoms. The number of anilines is 1. The first-order valence-corrected chi connectivity index (χ1v) is 8.39. The number of aromatic hydroxyl groups is 1. The molecule has 0 unspecified atom stereocenters. The lowest BCUT2D eigenvalue weighted by Gasteiger charge is -2.09. The summed E-state index contributed by atoms with van der Waals surface area (Å²) in [7, 11) is 0. The average Bonchev–Trinajstić information content (AvgIpc) is 2.58. The van der Waals surface area contributed by atoms with E-state index in [0.717, 1.165) is 5.56 Å². The van der Waals surface area contributed by atoms with Gasteiger partial charge in [-0.1, -0.05) is 33.6 Å². The number of nitrogens with zero attached hydrogens (tertiary/aromatic N) is 1. The smallest absolute Gasteiger partial charge is 0.266 e. The first-order chi connectivity index (χ1) is 11.9. The summed E-state index contributed by atoms with van der Waals surface area (Å²) < 4.78 is 5.88. The molecule has 25 heavy (non-hydrogen) atoms. The van der Waals surface area contributed by atoms with E-state index >= 15 is 0 Å². The lowest BCUT2D eigenvalue weighted by molar-refractivity contribution is -0.112. The summed E-state index contributed by atoms with van der Waals surface area (Å²) in [6.07, 6.45) is 1.44. The molecule has 0 spiro atoms. The SMILES string of the molecule is CCOc1cc(/C=C(/C#N)C(=O)Nc2ccc(C)cc2)c(Br)cc1O. The van der Waals surface area contributed by atoms with Gasteiger partial charge in [0.2, 0.25) is 0 Å². The fourth-order valence-corrected chi connectivity index (χ4v) is 2.53. The fourth-order valence-electron chi connectivity index (χ4n) is 2.08. The molecule has 2 rings (SSSR count). The number of nitrogens with one attached hydrogen (secondary N) is 1. The lowest BCUT2D eigenvalue weighted by Crippen LogP contribution is -2.13. The molecule has 0 heterocycles. The maximum Gasteiger partial charge on any atom is 0.266 e. The van der Waals surface area contributed by atoms with E-state index in [0.29, 0.717) is 22.3 Å². The van der Waals surface area contributed by atoms with E-state index < -0.39 is 5.91 Å². The Kier molecular flexibility index (Phi) is 6.20. The molecule has 0 aliphatic rings. The van der Waals surface area contributed by atoms with Gasteiger partial charge in [-0.05, 0) is 49.8 Å². The third-order valence-corrected chi connectivity index (χ3v) is 4.04. The molecular weight excluding hydrogens is 384 g/mol. The van der Waals surface area contributed by atoms with Crippen molar-refractivity contribution in [3.63, 3.8) is 0 Å². The van der Waals surface area contributed by atoms with Crippen molar-refractivity contribution < 1.29 is 14.6 Å². The molecule has 0 saturated carbocycles. The Bertz CT molecular complexity index is 852. The molecule has 128 valence electrons. The Balaban J connectivity index is 2.30. The zero-order valence-corrected chi connectivity index (χ0v) is 15.4. The predicted molar refractivity (Wildman–Crippen MR) is 100 cm³/mol. The molecule has 0 aliphatic heterocycles. The van der Waals surface area contributed by atoms with Crippen molar-refractivity contribution in [3.05, 3.63) is 57.6 Å². The second-order valence-corrected chi connectivity index (χ2v) is 6.12. The molecule has 2 aromatic rings. The van der Waals surface area contributed by atoms with Gasteiger partial charge in [0.25, 0.3) is 5.91 Å². The van der Waals surface area contributed by atoms with Crippen molar-refractivity contribution in [2.75, 3.05) is 11.9 Å². The van der Waals surface area contributed by atoms with Crippen LogP contribution in [-0.2, 0) is 4.79 Å². The molecular formula is C19H17BrN2O3. The Morgan fingerprint density at radius 2 is 2.04 bits per heavy atom. The number of nitriles is 1. The molecule has 0 saturated heterocycles. The molecule has 0 aromatic heterocycles. The van der Waals surface area contributed by atoms with Crippen LogP contribution >= 0.6 is 15.9 Å². The summed E-state index contributed by atoms with van der Waals surface area (Å²) >= 11 is 3.31. The number of phenols is 1. The third-order valence-electron chi connectivity index (χ3n) is 3.35. The average molecular weight is 401 g/mol. The predicted octanol–water partition coefficient (Wildman–Crippen LogP) is 4.41. The van der Waals surface area contributed by atoms with Gasteiger partial charge in [0.15, 0.2) is 11.5 Å². The Labute approximate surface area is 154 Å². The summed E-state index contributed by atoms with van der Waals surface area (Å²) in [6.45, 7) is 4.13. The van der Waals surface area contributed by atoms with Gasteiger partial charge in [0.1, 0.15) is 11.6 Å². The topological polar surface area (TPSA) is 82.3 Å². The number of ether oxygens (including phenoxy) is 1. The van der Waals surface area contributed by atoms with Crippen molar-refractivity contribution in [2.45, 2.75) is 13.8 Å². The van der Waals surface area contributed by atoms with Gasteiger partial charge in [-0.15, -0.1) is 0 Å². The summed E-state index contributed by atoms with van der Waals surface area (Å²) in [4.78, 5) is 12.3. The van der Waals surface area contributed by atoms with Crippen molar-refractivity contribution in [1.82, 2.24) is 0 Å². The zero-order valence-electron chi connectivity index (χ0n) is 13.8. The summed E-state index contributed by atoms with van der Waals surface area (Å²) in [5.74, 6) is -0.244. The van der Waals surface area contributed by atoms with Crippen molar-refractivity contribution in [2.24, 2.45) is 0 Å². The number of carbonyl (C=O) groups is 1. The second kappa shape index (κ2) is 8.36. The van der Waals surface area contributed by atoms with Gasteiger partial charge in [0, 0.05) is 10.2 Å². The van der Waals surface area contributed by atoms with Crippen LogP contribution < -0.4 is 10.1 Å². The minimum atomic E-state index is -0.510. The molecule has 5 nitrogen and oxygen atoms in total. The maximum absolute atomic E-state index is 12.3. The summed E-state index contributed by atoms with van der Waals surface area (Å²) in [5, 5.41) is 21.9. The molecule has 0 radical (unpaired) electrons. The highest BCUT2D eigenvalue weighted by Crippen LogP contribution is 2.33. The molecule has 0 bridgehead atoms. The van der Waals surface area contributed by atoms with E-state index in [4.69, 9.17) is 4.74 Å². The van der Waals surface area contributed by atoms with Gasteiger partial charge in [0.05, 0.1) is 6.61 Å². The number of hydrogen-bond acceptors (Lipinski definition) is 4. The van der Waals surface area contributed by atoms with Gasteiger partial charge < -0.3 is 15.2 Å². The third kappa shape index (κ3) is 4.85. The quantitative estimate of drug-likeness (QED) is 0.575. The molecule has 1 amide bonds. The van der Waals surface area contributed by atoms with Crippen molar-refractivity contribution in [3.8, 4) is 17.6 Å². The summed E-state index contributed by atoms with van der Waals surface area (Å²) in [6, 6.07) is 12.2. The molecule has 2 N–H and O–H groups in total. The minimum absolute atomic E-state index is 0.0199. The number of aryl methyl sites for hydroxylation is 1. The number of carbonyl (C=O) groups excluding carboxylic acids is 1. The van der Waals surface area contributed by atoms with Crippen LogP contribution in [0.1, 0.15) is 18.1 Å². The van der Waals surface area contributed by atoms with Crippen LogP contribution in [0.15, 0.2) is 46.4 Å². The highest BCUT2D eigenvalue weighted by molar-refractivity contribution is 9.10.